The molecule has 2 rings (SSSR count). The summed E-state index contributed by atoms with van der Waals surface area (Å²) >= 11 is 0. The Morgan fingerprint density at radius 3 is 2.30 bits per heavy atom. The van der Waals surface area contributed by atoms with Crippen molar-refractivity contribution < 1.29 is 4.39 Å². The van der Waals surface area contributed by atoms with E-state index in [9.17, 15) is 4.39 Å². The Labute approximate surface area is 120 Å². The summed E-state index contributed by atoms with van der Waals surface area (Å²) in [5, 5.41) is 0. The molecule has 20 heavy (non-hydrogen) atoms. The molecule has 0 saturated carbocycles. The van der Waals surface area contributed by atoms with Crippen LogP contribution in [0, 0.1) is 5.82 Å². The van der Waals surface area contributed by atoms with E-state index in [4.69, 9.17) is 5.73 Å². The Morgan fingerprint density at radius 2 is 1.65 bits per heavy atom. The molecule has 2 aromatic carbocycles. The van der Waals surface area contributed by atoms with Crippen LogP contribution in [0.4, 0.5) is 4.39 Å². The van der Waals surface area contributed by atoms with Crippen LogP contribution in [0.15, 0.2) is 54.6 Å². The molecule has 0 radical (unpaired) electrons. The number of halogens is 1. The molecule has 0 heterocycles. The number of hydrogen-bond donors (Lipinski definition) is 1. The topological polar surface area (TPSA) is 29.3 Å². The van der Waals surface area contributed by atoms with Gasteiger partial charge in [-0.05, 0) is 25.6 Å². The third-order valence-electron chi connectivity index (χ3n) is 3.43. The fourth-order valence-corrected chi connectivity index (χ4v) is 2.44. The van der Waals surface area contributed by atoms with E-state index >= 15 is 0 Å². The van der Waals surface area contributed by atoms with Crippen LogP contribution in [0.25, 0.3) is 0 Å². The van der Waals surface area contributed by atoms with Crippen LogP contribution in [0.3, 0.4) is 0 Å². The van der Waals surface area contributed by atoms with E-state index in [1.54, 1.807) is 6.07 Å². The molecule has 0 spiro atoms. The third-order valence-corrected chi connectivity index (χ3v) is 3.43. The first-order chi connectivity index (χ1) is 9.49. The molecule has 0 bridgehead atoms. The minimum Gasteiger partial charge on any atom is -0.321 e. The van der Waals surface area contributed by atoms with Gasteiger partial charge < -0.3 is 5.73 Å². The lowest BCUT2D eigenvalue weighted by molar-refractivity contribution is 0.250. The minimum absolute atomic E-state index is 0.169. The predicted octanol–water partition coefficient (Wildman–Crippen LogP) is 3.13. The van der Waals surface area contributed by atoms with Crippen LogP contribution in [0.1, 0.15) is 18.1 Å². The number of likely N-dealkylation sites (N-methyl/N-ethyl adjacent to an activating group) is 1. The highest BCUT2D eigenvalue weighted by molar-refractivity contribution is 5.23. The summed E-state index contributed by atoms with van der Waals surface area (Å²) in [4.78, 5) is 2.05. The second-order valence-corrected chi connectivity index (χ2v) is 5.55. The van der Waals surface area contributed by atoms with Gasteiger partial charge in [0, 0.05) is 18.7 Å². The highest BCUT2D eigenvalue weighted by Gasteiger charge is 2.23. The number of hydrogen-bond acceptors (Lipinski definition) is 2. The average Bonchev–Trinajstić information content (AvgIpc) is 2.42. The Bertz CT molecular complexity index is 552. The Balaban J connectivity index is 2.04. The summed E-state index contributed by atoms with van der Waals surface area (Å²) in [6.07, 6.45) is 0. The van der Waals surface area contributed by atoms with Crippen LogP contribution < -0.4 is 5.73 Å². The van der Waals surface area contributed by atoms with Gasteiger partial charge in [-0.1, -0.05) is 48.5 Å². The average molecular weight is 272 g/mol. The number of benzene rings is 2. The van der Waals surface area contributed by atoms with Crippen LogP contribution in [0.5, 0.6) is 0 Å². The summed E-state index contributed by atoms with van der Waals surface area (Å²) in [6.45, 7) is 3.21. The van der Waals surface area contributed by atoms with Crippen LogP contribution in [-0.2, 0) is 12.1 Å². The molecule has 0 amide bonds. The van der Waals surface area contributed by atoms with E-state index < -0.39 is 5.54 Å². The zero-order valence-electron chi connectivity index (χ0n) is 12.0. The van der Waals surface area contributed by atoms with Crippen molar-refractivity contribution in [1.29, 1.82) is 0 Å². The van der Waals surface area contributed by atoms with Gasteiger partial charge in [0.05, 0.1) is 5.54 Å². The van der Waals surface area contributed by atoms with Crippen molar-refractivity contribution >= 4 is 0 Å². The molecule has 106 valence electrons. The van der Waals surface area contributed by atoms with E-state index in [0.717, 1.165) is 5.56 Å². The van der Waals surface area contributed by atoms with Crippen molar-refractivity contribution in [2.45, 2.75) is 19.0 Å². The lowest BCUT2D eigenvalue weighted by atomic mass is 9.92. The van der Waals surface area contributed by atoms with Crippen LogP contribution in [-0.4, -0.2) is 18.5 Å². The van der Waals surface area contributed by atoms with Crippen molar-refractivity contribution in [3.05, 3.63) is 71.5 Å². The quantitative estimate of drug-likeness (QED) is 0.906. The smallest absolute Gasteiger partial charge is 0.127 e. The number of rotatable bonds is 5. The SMILES string of the molecule is CN(Cc1ccccc1F)CC(C)(N)c1ccccc1. The van der Waals surface area contributed by atoms with Crippen molar-refractivity contribution in [1.82, 2.24) is 4.90 Å². The number of nitrogens with zero attached hydrogens (tertiary/aromatic N) is 1. The lowest BCUT2D eigenvalue weighted by Crippen LogP contribution is -2.43. The second-order valence-electron chi connectivity index (χ2n) is 5.55. The highest BCUT2D eigenvalue weighted by Crippen LogP contribution is 2.19. The molecule has 0 fully saturated rings. The maximum atomic E-state index is 13.6. The molecule has 2 N–H and O–H groups in total. The Hall–Kier alpha value is -1.71. The first-order valence-corrected chi connectivity index (χ1v) is 6.75. The van der Waals surface area contributed by atoms with Crippen LogP contribution >= 0.6 is 0 Å². The summed E-state index contributed by atoms with van der Waals surface area (Å²) in [5.74, 6) is -0.169. The largest absolute Gasteiger partial charge is 0.321 e. The molecule has 1 unspecified atom stereocenters. The Kier molecular flexibility index (Phi) is 4.53. The summed E-state index contributed by atoms with van der Waals surface area (Å²) in [6, 6.07) is 16.8. The zero-order chi connectivity index (χ0) is 14.6. The first kappa shape index (κ1) is 14.7. The van der Waals surface area contributed by atoms with Gasteiger partial charge in [0.2, 0.25) is 0 Å². The molecule has 0 aromatic heterocycles. The Morgan fingerprint density at radius 1 is 1.05 bits per heavy atom. The predicted molar refractivity (Wildman–Crippen MR) is 80.7 cm³/mol. The summed E-state index contributed by atoms with van der Waals surface area (Å²) in [5.41, 5.74) is 7.72. The fourth-order valence-electron chi connectivity index (χ4n) is 2.44. The number of nitrogens with two attached hydrogens (primary N) is 1. The van der Waals surface area contributed by atoms with Gasteiger partial charge in [0.25, 0.3) is 0 Å². The standard InChI is InChI=1S/C17H21FN2/c1-17(19,15-9-4-3-5-10-15)13-20(2)12-14-8-6-7-11-16(14)18/h3-11H,12-13,19H2,1-2H3. The molecule has 3 heteroatoms. The van der Waals surface area contributed by atoms with E-state index in [0.29, 0.717) is 18.7 Å². The molecular formula is C17H21FN2. The molecule has 2 nitrogen and oxygen atoms in total. The molecule has 1 atom stereocenters. The van der Waals surface area contributed by atoms with Crippen molar-refractivity contribution in [3.63, 3.8) is 0 Å². The van der Waals surface area contributed by atoms with Crippen molar-refractivity contribution in [3.8, 4) is 0 Å². The van der Waals surface area contributed by atoms with Gasteiger partial charge in [-0.15, -0.1) is 0 Å². The molecule has 2 aromatic rings. The van der Waals surface area contributed by atoms with Crippen molar-refractivity contribution in [2.24, 2.45) is 5.73 Å². The van der Waals surface area contributed by atoms with Gasteiger partial charge in [-0.25, -0.2) is 4.39 Å². The van der Waals surface area contributed by atoms with Crippen LogP contribution in [0.2, 0.25) is 0 Å². The van der Waals surface area contributed by atoms with Gasteiger partial charge in [-0.3, -0.25) is 4.90 Å². The van der Waals surface area contributed by atoms with Gasteiger partial charge in [0.15, 0.2) is 0 Å². The second kappa shape index (κ2) is 6.16. The molecular weight excluding hydrogens is 251 g/mol. The zero-order valence-corrected chi connectivity index (χ0v) is 12.0. The molecule has 0 aliphatic heterocycles. The highest BCUT2D eigenvalue weighted by atomic mass is 19.1. The van der Waals surface area contributed by atoms with Gasteiger partial charge in [0.1, 0.15) is 5.82 Å². The minimum atomic E-state index is -0.457. The normalized spacial score (nSPS) is 14.2. The van der Waals surface area contributed by atoms with E-state index in [1.807, 2.05) is 61.3 Å². The maximum Gasteiger partial charge on any atom is 0.127 e. The molecule has 0 saturated heterocycles. The molecule has 0 aliphatic rings. The summed E-state index contributed by atoms with van der Waals surface area (Å²) in [7, 11) is 1.96. The van der Waals surface area contributed by atoms with Gasteiger partial charge in [-0.2, -0.15) is 0 Å². The van der Waals surface area contributed by atoms with E-state index in [1.165, 1.54) is 6.07 Å². The first-order valence-electron chi connectivity index (χ1n) is 6.75. The molecule has 0 aliphatic carbocycles. The van der Waals surface area contributed by atoms with E-state index in [-0.39, 0.29) is 5.82 Å². The lowest BCUT2D eigenvalue weighted by Gasteiger charge is -2.30. The third kappa shape index (κ3) is 3.65. The monoisotopic (exact) mass is 272 g/mol. The fraction of sp³-hybridized carbons (Fsp3) is 0.294. The summed E-state index contributed by atoms with van der Waals surface area (Å²) < 4.78 is 13.6. The van der Waals surface area contributed by atoms with E-state index in [2.05, 4.69) is 0 Å². The van der Waals surface area contributed by atoms with Gasteiger partial charge >= 0.3 is 0 Å². The van der Waals surface area contributed by atoms with Crippen molar-refractivity contribution in [2.75, 3.05) is 13.6 Å². The maximum absolute atomic E-state index is 13.6.